The Kier molecular flexibility index (Phi) is 8.64. The summed E-state index contributed by atoms with van der Waals surface area (Å²) in [5.41, 5.74) is -2.51. The average Bonchev–Trinajstić information content (AvgIpc) is 3.01. The van der Waals surface area contributed by atoms with E-state index < -0.39 is 83.2 Å². The zero-order chi connectivity index (χ0) is 29.4. The molecule has 1 heterocycles. The summed E-state index contributed by atoms with van der Waals surface area (Å²) in [6, 6.07) is 0. The first-order valence-corrected chi connectivity index (χ1v) is 13.0. The van der Waals surface area contributed by atoms with Crippen molar-refractivity contribution in [1.29, 1.82) is 0 Å². The number of esters is 5. The Bertz CT molecular complexity index is 1090. The molecule has 2 fully saturated rings. The molecule has 0 aromatic rings. The van der Waals surface area contributed by atoms with Gasteiger partial charge in [0.05, 0.1) is 11.3 Å². The van der Waals surface area contributed by atoms with Crippen LogP contribution in [-0.4, -0.2) is 71.1 Å². The van der Waals surface area contributed by atoms with Crippen molar-refractivity contribution in [2.75, 3.05) is 0 Å². The summed E-state index contributed by atoms with van der Waals surface area (Å²) in [6.07, 6.45) is -3.56. The van der Waals surface area contributed by atoms with Crippen LogP contribution in [0.3, 0.4) is 0 Å². The molecule has 1 aliphatic heterocycles. The minimum atomic E-state index is -2.10. The first-order chi connectivity index (χ1) is 18.0. The number of carbonyl (C=O) groups is 5. The molecule has 3 rings (SSSR count). The molecule has 0 aromatic carbocycles. The van der Waals surface area contributed by atoms with E-state index in [1.54, 1.807) is 13.8 Å². The maximum atomic E-state index is 12.9. The maximum Gasteiger partial charge on any atom is 0.312 e. The van der Waals surface area contributed by atoms with Crippen LogP contribution in [0.2, 0.25) is 0 Å². The Morgan fingerprint density at radius 1 is 0.974 bits per heavy atom. The average molecular weight is 551 g/mol. The summed E-state index contributed by atoms with van der Waals surface area (Å²) in [6.45, 7) is 13.9. The first-order valence-electron chi connectivity index (χ1n) is 13.0. The van der Waals surface area contributed by atoms with Crippen LogP contribution < -0.4 is 0 Å². The van der Waals surface area contributed by atoms with Crippen molar-refractivity contribution >= 4 is 29.8 Å². The first kappa shape index (κ1) is 30.3. The highest BCUT2D eigenvalue weighted by molar-refractivity contribution is 5.78. The van der Waals surface area contributed by atoms with Gasteiger partial charge in [-0.2, -0.15) is 0 Å². The van der Waals surface area contributed by atoms with Crippen LogP contribution in [0.4, 0.5) is 0 Å². The van der Waals surface area contributed by atoms with Crippen LogP contribution in [-0.2, 0) is 47.7 Å². The van der Waals surface area contributed by atoms with Crippen molar-refractivity contribution in [2.45, 2.75) is 104 Å². The fraction of sp³-hybridized carbons (Fsp3) is 0.679. The Balaban J connectivity index is 2.41. The van der Waals surface area contributed by atoms with Crippen LogP contribution in [0.1, 0.15) is 67.7 Å². The van der Waals surface area contributed by atoms with E-state index in [-0.39, 0.29) is 6.42 Å². The second-order valence-electron chi connectivity index (χ2n) is 11.0. The van der Waals surface area contributed by atoms with E-state index in [0.717, 1.165) is 0 Å². The van der Waals surface area contributed by atoms with Crippen molar-refractivity contribution in [1.82, 2.24) is 0 Å². The Hall–Kier alpha value is -3.21. The summed E-state index contributed by atoms with van der Waals surface area (Å²) >= 11 is 0. The summed E-state index contributed by atoms with van der Waals surface area (Å²) in [4.78, 5) is 62.1. The van der Waals surface area contributed by atoms with Crippen LogP contribution in [0.15, 0.2) is 23.8 Å². The van der Waals surface area contributed by atoms with E-state index in [1.807, 2.05) is 0 Å². The van der Waals surface area contributed by atoms with Gasteiger partial charge < -0.3 is 28.8 Å². The van der Waals surface area contributed by atoms with Crippen molar-refractivity contribution < 1.29 is 52.8 Å². The largest absolute Gasteiger partial charge is 0.462 e. The van der Waals surface area contributed by atoms with Gasteiger partial charge in [0.1, 0.15) is 24.4 Å². The Morgan fingerprint density at radius 2 is 1.51 bits per heavy atom. The van der Waals surface area contributed by atoms with E-state index >= 15 is 0 Å². The molecule has 1 N–H and O–H groups in total. The fourth-order valence-electron chi connectivity index (χ4n) is 6.40. The molecule has 1 saturated heterocycles. The lowest BCUT2D eigenvalue weighted by Crippen LogP contribution is -2.66. The third-order valence-electron chi connectivity index (χ3n) is 8.30. The van der Waals surface area contributed by atoms with Crippen LogP contribution in [0.25, 0.3) is 0 Å². The molecular formula is C28H38O11. The van der Waals surface area contributed by atoms with E-state index in [9.17, 15) is 29.1 Å². The van der Waals surface area contributed by atoms with Gasteiger partial charge in [-0.25, -0.2) is 0 Å². The van der Waals surface area contributed by atoms with Crippen LogP contribution in [0, 0.1) is 17.3 Å². The molecule has 2 aliphatic carbocycles. The molecule has 0 amide bonds. The second kappa shape index (κ2) is 11.1. The van der Waals surface area contributed by atoms with Gasteiger partial charge in [-0.3, -0.25) is 24.0 Å². The second-order valence-corrected chi connectivity index (χ2v) is 11.0. The minimum Gasteiger partial charge on any atom is -0.462 e. The fourth-order valence-corrected chi connectivity index (χ4v) is 6.40. The number of hydrogen-bond donors (Lipinski definition) is 1. The molecule has 0 spiro atoms. The molecule has 3 aliphatic rings. The molecular weight excluding hydrogens is 512 g/mol. The SMILES string of the molecule is C=C1CC[C@H](OC(C)=O)[C@]2(C)[C@@H](OC(C)=O)C[C@@H](OC(C)=O)/C(C)=C\[C@H]3OC(=O)[C@H](C)[C@@]3(O)[C@@H](OC(C)=O)[C@@H]12. The lowest BCUT2D eigenvalue weighted by molar-refractivity contribution is -0.221. The highest BCUT2D eigenvalue weighted by Gasteiger charge is 2.67. The summed E-state index contributed by atoms with van der Waals surface area (Å²) in [5.74, 6) is -5.42. The van der Waals surface area contributed by atoms with Crippen molar-refractivity contribution in [3.8, 4) is 0 Å². The standard InChI is InChI=1S/C28H38O11/c1-13-9-10-21(36-17(5)30)27(8)22(37-18(6)31)12-20(35-16(4)29)14(2)11-23-28(34,15(3)26(33)39-23)25(24(13)27)38-19(7)32/h11,15,20-25,34H,1,9-10,12H2,2-8H3/b14-11-/t15-,20+,21-,22-,23+,24+,25-,27+,28-/m0/s1. The van der Waals surface area contributed by atoms with Crippen molar-refractivity contribution in [3.63, 3.8) is 0 Å². The minimum absolute atomic E-state index is 0.0546. The third kappa shape index (κ3) is 5.59. The summed E-state index contributed by atoms with van der Waals surface area (Å²) in [5, 5.41) is 12.3. The van der Waals surface area contributed by atoms with Gasteiger partial charge in [-0.1, -0.05) is 19.1 Å². The van der Waals surface area contributed by atoms with Crippen molar-refractivity contribution in [2.24, 2.45) is 17.3 Å². The van der Waals surface area contributed by atoms with Crippen LogP contribution >= 0.6 is 0 Å². The molecule has 0 bridgehead atoms. The zero-order valence-electron chi connectivity index (χ0n) is 23.5. The molecule has 216 valence electrons. The normalized spacial score (nSPS) is 39.6. The highest BCUT2D eigenvalue weighted by atomic mass is 16.6. The molecule has 11 nitrogen and oxygen atoms in total. The van der Waals surface area contributed by atoms with Gasteiger partial charge in [0.15, 0.2) is 11.7 Å². The Labute approximate surface area is 227 Å². The molecule has 0 aromatic heterocycles. The van der Waals surface area contributed by atoms with Gasteiger partial charge in [-0.05, 0) is 38.3 Å². The number of aliphatic hydroxyl groups is 1. The molecule has 39 heavy (non-hydrogen) atoms. The quantitative estimate of drug-likeness (QED) is 0.312. The lowest BCUT2D eigenvalue weighted by Gasteiger charge is -2.55. The maximum absolute atomic E-state index is 12.9. The molecule has 0 unspecified atom stereocenters. The van der Waals surface area contributed by atoms with E-state index in [2.05, 4.69) is 6.58 Å². The predicted molar refractivity (Wildman–Crippen MR) is 135 cm³/mol. The van der Waals surface area contributed by atoms with Gasteiger partial charge in [-0.15, -0.1) is 0 Å². The number of hydrogen-bond acceptors (Lipinski definition) is 11. The number of rotatable bonds is 4. The zero-order valence-corrected chi connectivity index (χ0v) is 23.5. The summed E-state index contributed by atoms with van der Waals surface area (Å²) < 4.78 is 28.6. The van der Waals surface area contributed by atoms with E-state index in [1.165, 1.54) is 40.7 Å². The molecule has 9 atom stereocenters. The third-order valence-corrected chi connectivity index (χ3v) is 8.30. The van der Waals surface area contributed by atoms with Gasteiger partial charge >= 0.3 is 29.8 Å². The predicted octanol–water partition coefficient (Wildman–Crippen LogP) is 2.33. The van der Waals surface area contributed by atoms with E-state index in [4.69, 9.17) is 23.7 Å². The Morgan fingerprint density at radius 3 is 2.05 bits per heavy atom. The topological polar surface area (TPSA) is 152 Å². The van der Waals surface area contributed by atoms with Crippen LogP contribution in [0.5, 0.6) is 0 Å². The van der Waals surface area contributed by atoms with E-state index in [0.29, 0.717) is 24.0 Å². The lowest BCUT2D eigenvalue weighted by atomic mass is 9.54. The summed E-state index contributed by atoms with van der Waals surface area (Å²) in [7, 11) is 0. The van der Waals surface area contributed by atoms with Gasteiger partial charge in [0, 0.05) is 40.0 Å². The molecule has 1 saturated carbocycles. The number of ether oxygens (including phenoxy) is 5. The smallest absolute Gasteiger partial charge is 0.312 e. The van der Waals surface area contributed by atoms with Gasteiger partial charge in [0.2, 0.25) is 0 Å². The van der Waals surface area contributed by atoms with Gasteiger partial charge in [0.25, 0.3) is 0 Å². The monoisotopic (exact) mass is 550 g/mol. The molecule has 0 radical (unpaired) electrons. The van der Waals surface area contributed by atoms with Crippen molar-refractivity contribution in [3.05, 3.63) is 23.8 Å². The highest BCUT2D eigenvalue weighted by Crippen LogP contribution is 2.56. The molecule has 11 heteroatoms. The number of carbonyl (C=O) groups excluding carboxylic acids is 5. The number of fused-ring (bicyclic) bond motifs is 2.